The van der Waals surface area contributed by atoms with Gasteiger partial charge in [0.1, 0.15) is 0 Å². The van der Waals surface area contributed by atoms with E-state index in [-0.39, 0.29) is 12.0 Å². The highest BCUT2D eigenvalue weighted by Crippen LogP contribution is 2.22. The number of carbonyl (C=O) groups excluding carboxylic acids is 1. The molecule has 0 bridgehead atoms. The fourth-order valence-electron chi connectivity index (χ4n) is 2.37. The van der Waals surface area contributed by atoms with Gasteiger partial charge in [0.05, 0.1) is 6.10 Å². The summed E-state index contributed by atoms with van der Waals surface area (Å²) in [6.45, 7) is 0.807. The summed E-state index contributed by atoms with van der Waals surface area (Å²) in [5.41, 5.74) is 1.48. The van der Waals surface area contributed by atoms with Crippen LogP contribution < -0.4 is 5.32 Å². The van der Waals surface area contributed by atoms with Crippen molar-refractivity contribution in [2.24, 2.45) is 0 Å². The normalized spacial score (nSPS) is 19.4. The molecule has 0 aromatic heterocycles. The van der Waals surface area contributed by atoms with Crippen molar-refractivity contribution in [2.75, 3.05) is 18.2 Å². The van der Waals surface area contributed by atoms with Gasteiger partial charge in [-0.3, -0.25) is 9.00 Å². The predicted octanol–water partition coefficient (Wildman–Crippen LogP) is 3.12. The maximum Gasteiger partial charge on any atom is 0.224 e. The molecule has 0 aliphatic carbocycles. The number of amides is 1. The van der Waals surface area contributed by atoms with Gasteiger partial charge in [0.2, 0.25) is 5.91 Å². The lowest BCUT2D eigenvalue weighted by molar-refractivity contribution is -0.116. The highest BCUT2D eigenvalue weighted by atomic mass is 35.5. The first kappa shape index (κ1) is 16.5. The molecule has 1 aliphatic heterocycles. The molecule has 1 N–H and O–H groups in total. The van der Waals surface area contributed by atoms with Gasteiger partial charge in [-0.25, -0.2) is 0 Å². The van der Waals surface area contributed by atoms with E-state index in [9.17, 15) is 9.00 Å². The minimum atomic E-state index is -0.967. The number of nitrogens with one attached hydrogen (secondary N) is 1. The fraction of sp³-hybridized carbons (Fsp3) is 0.533. The van der Waals surface area contributed by atoms with Gasteiger partial charge in [-0.1, -0.05) is 11.6 Å². The van der Waals surface area contributed by atoms with E-state index in [1.165, 1.54) is 0 Å². The van der Waals surface area contributed by atoms with Crippen LogP contribution in [0.3, 0.4) is 0 Å². The summed E-state index contributed by atoms with van der Waals surface area (Å²) in [6, 6.07) is 5.27. The summed E-state index contributed by atoms with van der Waals surface area (Å²) in [5, 5.41) is 3.43. The Kier molecular flexibility index (Phi) is 6.21. The second-order valence-corrected chi connectivity index (χ2v) is 7.09. The van der Waals surface area contributed by atoms with Crippen molar-refractivity contribution >= 4 is 34.0 Å². The second kappa shape index (κ2) is 7.92. The topological polar surface area (TPSA) is 55.4 Å². The molecule has 1 fully saturated rings. The Morgan fingerprint density at radius 2 is 2.33 bits per heavy atom. The minimum absolute atomic E-state index is 0.0311. The molecule has 1 saturated heterocycles. The molecule has 1 aliphatic rings. The van der Waals surface area contributed by atoms with Crippen LogP contribution in [0.5, 0.6) is 0 Å². The van der Waals surface area contributed by atoms with Crippen molar-refractivity contribution in [3.63, 3.8) is 0 Å². The lowest BCUT2D eigenvalue weighted by Crippen LogP contribution is -2.15. The smallest absolute Gasteiger partial charge is 0.224 e. The molecule has 1 aromatic carbocycles. The molecule has 0 radical (unpaired) electrons. The molecule has 0 saturated carbocycles. The third kappa shape index (κ3) is 5.41. The third-order valence-electron chi connectivity index (χ3n) is 3.41. The summed E-state index contributed by atoms with van der Waals surface area (Å²) >= 11 is 6.06. The number of hydrogen-bond acceptors (Lipinski definition) is 3. The molecule has 2 atom stereocenters. The van der Waals surface area contributed by atoms with Crippen LogP contribution in [0.4, 0.5) is 5.69 Å². The largest absolute Gasteiger partial charge is 0.378 e. The van der Waals surface area contributed by atoms with Crippen molar-refractivity contribution in [2.45, 2.75) is 37.5 Å². The number of rotatable bonds is 6. The van der Waals surface area contributed by atoms with Gasteiger partial charge in [0.25, 0.3) is 0 Å². The van der Waals surface area contributed by atoms with Gasteiger partial charge in [-0.2, -0.15) is 0 Å². The van der Waals surface area contributed by atoms with E-state index in [4.69, 9.17) is 16.3 Å². The number of carbonyl (C=O) groups is 1. The zero-order valence-corrected chi connectivity index (χ0v) is 13.6. The summed E-state index contributed by atoms with van der Waals surface area (Å²) < 4.78 is 16.8. The second-order valence-electron chi connectivity index (χ2n) is 5.25. The molecule has 4 nitrogen and oxygen atoms in total. The molecule has 2 rings (SSSR count). The average Bonchev–Trinajstić information content (AvgIpc) is 2.93. The Labute approximate surface area is 132 Å². The summed E-state index contributed by atoms with van der Waals surface area (Å²) in [7, 11) is -0.967. The Morgan fingerprint density at radius 3 is 3.00 bits per heavy atom. The lowest BCUT2D eigenvalue weighted by atomic mass is 10.1. The Morgan fingerprint density at radius 1 is 1.52 bits per heavy atom. The van der Waals surface area contributed by atoms with Crippen molar-refractivity contribution in [1.82, 2.24) is 0 Å². The summed E-state index contributed by atoms with van der Waals surface area (Å²) in [6.07, 6.45) is 5.18. The molecule has 0 spiro atoms. The van der Waals surface area contributed by atoms with E-state index in [2.05, 4.69) is 5.32 Å². The fourth-order valence-corrected chi connectivity index (χ4v) is 3.31. The van der Waals surface area contributed by atoms with Crippen LogP contribution >= 0.6 is 11.6 Å². The molecule has 1 aromatic rings. The van der Waals surface area contributed by atoms with Gasteiger partial charge in [-0.05, 0) is 43.0 Å². The van der Waals surface area contributed by atoms with E-state index in [0.717, 1.165) is 31.4 Å². The van der Waals surface area contributed by atoms with Crippen LogP contribution in [0.15, 0.2) is 18.2 Å². The molecule has 116 valence electrons. The average molecular weight is 330 g/mol. The van der Waals surface area contributed by atoms with Gasteiger partial charge >= 0.3 is 0 Å². The van der Waals surface area contributed by atoms with Gasteiger partial charge in [-0.15, -0.1) is 0 Å². The van der Waals surface area contributed by atoms with Crippen molar-refractivity contribution in [1.29, 1.82) is 0 Å². The molecule has 1 heterocycles. The summed E-state index contributed by atoms with van der Waals surface area (Å²) in [4.78, 5) is 11.9. The maximum absolute atomic E-state index is 11.9. The minimum Gasteiger partial charge on any atom is -0.378 e. The van der Waals surface area contributed by atoms with E-state index >= 15 is 0 Å². The highest BCUT2D eigenvalue weighted by Gasteiger charge is 2.16. The summed E-state index contributed by atoms with van der Waals surface area (Å²) in [5.74, 6) is 0.356. The number of hydrogen-bond donors (Lipinski definition) is 1. The highest BCUT2D eigenvalue weighted by molar-refractivity contribution is 7.83. The first-order valence-electron chi connectivity index (χ1n) is 7.04. The monoisotopic (exact) mass is 329 g/mol. The molecular formula is C15H20ClNO3S. The zero-order chi connectivity index (χ0) is 15.2. The molecular weight excluding hydrogens is 310 g/mol. The molecule has 21 heavy (non-hydrogen) atoms. The Bertz CT molecular complexity index is 530. The van der Waals surface area contributed by atoms with Crippen LogP contribution in [0, 0.1) is 0 Å². The van der Waals surface area contributed by atoms with E-state index in [1.54, 1.807) is 24.5 Å². The number of benzene rings is 1. The van der Waals surface area contributed by atoms with Gasteiger partial charge < -0.3 is 10.1 Å². The standard InChI is InChI=1S/C15H20ClNO3S/c1-21(19)10-11-9-12(4-6-14(11)16)17-15(18)7-5-13-3-2-8-20-13/h4,6,9,13H,2-3,5,7-8,10H2,1H3,(H,17,18)/t13-,21+/m1/s1. The number of anilines is 1. The van der Waals surface area contributed by atoms with Crippen molar-refractivity contribution in [3.8, 4) is 0 Å². The van der Waals surface area contributed by atoms with E-state index in [1.807, 2.05) is 0 Å². The third-order valence-corrected chi connectivity index (χ3v) is 4.49. The number of ether oxygens (including phenoxy) is 1. The van der Waals surface area contributed by atoms with Gasteiger partial charge in [0, 0.05) is 46.5 Å². The quantitative estimate of drug-likeness (QED) is 0.872. The van der Waals surface area contributed by atoms with Crippen LogP contribution in [-0.2, 0) is 26.1 Å². The van der Waals surface area contributed by atoms with Crippen LogP contribution in [0.2, 0.25) is 5.02 Å². The first-order valence-corrected chi connectivity index (χ1v) is 9.15. The van der Waals surface area contributed by atoms with Crippen LogP contribution in [-0.4, -0.2) is 29.1 Å². The van der Waals surface area contributed by atoms with Gasteiger partial charge in [0.15, 0.2) is 0 Å². The Balaban J connectivity index is 1.89. The Hall–Kier alpha value is -0.910. The predicted molar refractivity (Wildman–Crippen MR) is 86.1 cm³/mol. The zero-order valence-electron chi connectivity index (χ0n) is 12.1. The first-order chi connectivity index (χ1) is 10.0. The maximum atomic E-state index is 11.9. The lowest BCUT2D eigenvalue weighted by Gasteiger charge is -2.11. The van der Waals surface area contributed by atoms with E-state index in [0.29, 0.717) is 22.9 Å². The number of halogens is 1. The molecule has 1 amide bonds. The van der Waals surface area contributed by atoms with Crippen LogP contribution in [0.25, 0.3) is 0 Å². The van der Waals surface area contributed by atoms with Crippen molar-refractivity contribution in [3.05, 3.63) is 28.8 Å². The molecule has 0 unspecified atom stereocenters. The SMILES string of the molecule is C[S@](=O)Cc1cc(NC(=O)CC[C@H]2CCCO2)ccc1Cl. The molecule has 6 heteroatoms. The van der Waals surface area contributed by atoms with Crippen LogP contribution in [0.1, 0.15) is 31.2 Å². The van der Waals surface area contributed by atoms with Crippen molar-refractivity contribution < 1.29 is 13.7 Å². The van der Waals surface area contributed by atoms with E-state index < -0.39 is 10.8 Å².